The van der Waals surface area contributed by atoms with Crippen LogP contribution in [0.1, 0.15) is 35.1 Å². The van der Waals surface area contributed by atoms with Crippen molar-refractivity contribution in [1.29, 1.82) is 0 Å². The Balaban J connectivity index is 1.67. The zero-order valence-corrected chi connectivity index (χ0v) is 16.6. The summed E-state index contributed by atoms with van der Waals surface area (Å²) in [5, 5.41) is 5.88. The molecule has 3 heterocycles. The second kappa shape index (κ2) is 9.01. The first-order valence-electron chi connectivity index (χ1n) is 8.10. The predicted octanol–water partition coefficient (Wildman–Crippen LogP) is 3.31. The molecule has 0 aliphatic carbocycles. The number of sulfonamides is 1. The van der Waals surface area contributed by atoms with Gasteiger partial charge in [0.25, 0.3) is 11.8 Å². The average Bonchev–Trinajstić information content (AvgIpc) is 3.35. The van der Waals surface area contributed by atoms with Crippen molar-refractivity contribution in [3.8, 4) is 16.5 Å². The second-order valence-corrected chi connectivity index (χ2v) is 8.91. The molecular weight excluding hydrogens is 454 g/mol. The van der Waals surface area contributed by atoms with E-state index in [-0.39, 0.29) is 28.6 Å². The summed E-state index contributed by atoms with van der Waals surface area (Å²) in [6.45, 7) is -1.92. The van der Waals surface area contributed by atoms with Crippen LogP contribution in [0.4, 0.5) is 17.6 Å². The normalized spacial score (nSPS) is 13.2. The maximum atomic E-state index is 12.5. The van der Waals surface area contributed by atoms with E-state index in [0.717, 1.165) is 23.6 Å². The zero-order valence-electron chi connectivity index (χ0n) is 15.0. The highest BCUT2D eigenvalue weighted by atomic mass is 32.2. The van der Waals surface area contributed by atoms with Crippen LogP contribution in [0, 0.1) is 0 Å². The molecule has 3 aromatic rings. The lowest BCUT2D eigenvalue weighted by molar-refractivity contribution is -0.0501. The summed E-state index contributed by atoms with van der Waals surface area (Å²) in [5.74, 6) is -1.26. The van der Waals surface area contributed by atoms with Crippen LogP contribution in [-0.2, 0) is 16.6 Å². The van der Waals surface area contributed by atoms with Gasteiger partial charge in [0, 0.05) is 6.20 Å². The fraction of sp³-hybridized carbons (Fsp3) is 0.333. The largest absolute Gasteiger partial charge is 0.433 e. The number of hydrogen-bond donors (Lipinski definition) is 1. The zero-order chi connectivity index (χ0) is 21.9. The molecule has 162 valence electrons. The van der Waals surface area contributed by atoms with E-state index in [9.17, 15) is 26.0 Å². The Hall–Kier alpha value is -2.65. The van der Waals surface area contributed by atoms with Gasteiger partial charge >= 0.3 is 13.0 Å². The van der Waals surface area contributed by atoms with Gasteiger partial charge in [0.05, 0.1) is 24.2 Å². The monoisotopic (exact) mass is 467 g/mol. The number of nitrogens with one attached hydrogen (secondary N) is 1. The van der Waals surface area contributed by atoms with Crippen LogP contribution in [-0.4, -0.2) is 35.2 Å². The third kappa shape index (κ3) is 5.28. The first-order valence-corrected chi connectivity index (χ1v) is 10.5. The Kier molecular flexibility index (Phi) is 6.62. The highest BCUT2D eigenvalue weighted by molar-refractivity contribution is 7.89. The molecule has 30 heavy (non-hydrogen) atoms. The summed E-state index contributed by atoms with van der Waals surface area (Å²) in [6.07, 6.45) is 0.636. The van der Waals surface area contributed by atoms with Gasteiger partial charge in [-0.1, -0.05) is 0 Å². The van der Waals surface area contributed by atoms with Crippen molar-refractivity contribution in [1.82, 2.24) is 24.9 Å². The van der Waals surface area contributed by atoms with E-state index in [2.05, 4.69) is 29.6 Å². The molecule has 0 aliphatic rings. The number of hydrogen-bond acceptors (Lipinski definition) is 9. The fourth-order valence-electron chi connectivity index (χ4n) is 2.20. The summed E-state index contributed by atoms with van der Waals surface area (Å²) in [6, 6.07) is 1.15. The molecule has 3 aromatic heterocycles. The molecule has 1 unspecified atom stereocenters. The predicted molar refractivity (Wildman–Crippen MR) is 95.4 cm³/mol. The van der Waals surface area contributed by atoms with E-state index in [1.807, 2.05) is 0 Å². The quantitative estimate of drug-likeness (QED) is 0.476. The molecule has 15 heteroatoms. The highest BCUT2D eigenvalue weighted by Gasteiger charge is 2.24. The molecule has 0 aromatic carbocycles. The maximum absolute atomic E-state index is 12.5. The van der Waals surface area contributed by atoms with E-state index in [0.29, 0.717) is 5.01 Å². The van der Waals surface area contributed by atoms with Gasteiger partial charge in [-0.25, -0.2) is 18.1 Å². The van der Waals surface area contributed by atoms with Crippen LogP contribution in [0.15, 0.2) is 29.1 Å². The van der Waals surface area contributed by atoms with Gasteiger partial charge in [-0.2, -0.15) is 17.6 Å². The number of pyridine rings is 1. The van der Waals surface area contributed by atoms with Gasteiger partial charge in [0.1, 0.15) is 15.6 Å². The first-order chi connectivity index (χ1) is 14.2. The summed E-state index contributed by atoms with van der Waals surface area (Å²) in [5.41, 5.74) is 0.144. The number of halogens is 4. The minimum absolute atomic E-state index is 0.144. The van der Waals surface area contributed by atoms with Gasteiger partial charge in [0.2, 0.25) is 10.0 Å². The fourth-order valence-corrected chi connectivity index (χ4v) is 4.15. The Labute approximate surface area is 171 Å². The molecular formula is C15H13F4N5O4S2. The minimum atomic E-state index is -3.94. The lowest BCUT2D eigenvalue weighted by atomic mass is 10.2. The molecule has 0 fully saturated rings. The molecule has 9 nitrogen and oxygen atoms in total. The SMILES string of the molecule is CC(c1cncc(OC(F)F)c1)S(=O)(=O)NCc1ncc(-c2nnc(C(F)F)o2)s1. The molecule has 0 radical (unpaired) electrons. The Bertz CT molecular complexity index is 1110. The lowest BCUT2D eigenvalue weighted by Gasteiger charge is -2.14. The number of nitrogens with zero attached hydrogens (tertiary/aromatic N) is 4. The van der Waals surface area contributed by atoms with Crippen LogP contribution in [0.5, 0.6) is 5.75 Å². The van der Waals surface area contributed by atoms with Crippen LogP contribution >= 0.6 is 11.3 Å². The van der Waals surface area contributed by atoms with Gasteiger partial charge in [-0.05, 0) is 18.6 Å². The van der Waals surface area contributed by atoms with Crippen molar-refractivity contribution in [2.75, 3.05) is 0 Å². The van der Waals surface area contributed by atoms with Crippen LogP contribution in [0.25, 0.3) is 10.8 Å². The van der Waals surface area contributed by atoms with Gasteiger partial charge in [-0.15, -0.1) is 21.5 Å². The standard InChI is InChI=1S/C15H13F4N5O4S2/c1-7(8-2-9(4-20-3-8)27-15(18)19)30(25,26)22-6-11-21-5-10(29-11)13-23-24-14(28-13)12(16)17/h2-5,7,12,15,22H,6H2,1H3. The second-order valence-electron chi connectivity index (χ2n) is 5.71. The minimum Gasteiger partial charge on any atom is -0.433 e. The Morgan fingerprint density at radius 1 is 1.20 bits per heavy atom. The van der Waals surface area contributed by atoms with Crippen molar-refractivity contribution >= 4 is 21.4 Å². The Morgan fingerprint density at radius 3 is 2.63 bits per heavy atom. The smallest absolute Gasteiger partial charge is 0.387 e. The topological polar surface area (TPSA) is 120 Å². The molecule has 1 N–H and O–H groups in total. The number of ether oxygens (including phenoxy) is 1. The van der Waals surface area contributed by atoms with Crippen LogP contribution in [0.3, 0.4) is 0 Å². The number of aromatic nitrogens is 4. The molecule has 0 spiro atoms. The molecule has 0 saturated heterocycles. The van der Waals surface area contributed by atoms with E-state index in [1.54, 1.807) is 0 Å². The van der Waals surface area contributed by atoms with E-state index in [4.69, 9.17) is 4.42 Å². The maximum Gasteiger partial charge on any atom is 0.387 e. The molecule has 1 atom stereocenters. The molecule has 0 saturated carbocycles. The van der Waals surface area contributed by atoms with Gasteiger partial charge in [-0.3, -0.25) is 4.98 Å². The molecule has 0 aliphatic heterocycles. The average molecular weight is 467 g/mol. The van der Waals surface area contributed by atoms with Crippen LogP contribution < -0.4 is 9.46 Å². The third-order valence-electron chi connectivity index (χ3n) is 3.71. The number of alkyl halides is 4. The van der Waals surface area contributed by atoms with E-state index >= 15 is 0 Å². The summed E-state index contributed by atoms with van der Waals surface area (Å²) >= 11 is 0.974. The molecule has 3 rings (SSSR count). The Morgan fingerprint density at radius 2 is 1.97 bits per heavy atom. The summed E-state index contributed by atoms with van der Waals surface area (Å²) in [7, 11) is -3.94. The third-order valence-corrected chi connectivity index (χ3v) is 6.45. The number of thiazole rings is 1. The van der Waals surface area contributed by atoms with Crippen molar-refractivity contribution < 1.29 is 35.1 Å². The summed E-state index contributed by atoms with van der Waals surface area (Å²) in [4.78, 5) is 7.98. The van der Waals surface area contributed by atoms with E-state index < -0.39 is 34.2 Å². The van der Waals surface area contributed by atoms with Gasteiger partial charge in [0.15, 0.2) is 0 Å². The highest BCUT2D eigenvalue weighted by Crippen LogP contribution is 2.28. The van der Waals surface area contributed by atoms with Crippen LogP contribution in [0.2, 0.25) is 0 Å². The molecule has 0 amide bonds. The van der Waals surface area contributed by atoms with Gasteiger partial charge < -0.3 is 9.15 Å². The number of rotatable bonds is 9. The molecule has 0 bridgehead atoms. The van der Waals surface area contributed by atoms with Crippen molar-refractivity contribution in [3.05, 3.63) is 41.1 Å². The van der Waals surface area contributed by atoms with E-state index in [1.165, 1.54) is 19.3 Å². The van der Waals surface area contributed by atoms with Crippen molar-refractivity contribution in [2.45, 2.75) is 31.8 Å². The lowest BCUT2D eigenvalue weighted by Crippen LogP contribution is -2.27. The van der Waals surface area contributed by atoms with Crippen molar-refractivity contribution in [3.63, 3.8) is 0 Å². The first kappa shape index (κ1) is 22.0. The van der Waals surface area contributed by atoms with Crippen molar-refractivity contribution in [2.24, 2.45) is 0 Å². The summed E-state index contributed by atoms with van der Waals surface area (Å²) < 4.78 is 86.1.